The molecule has 0 aliphatic rings. The monoisotopic (exact) mass is 263 g/mol. The van der Waals surface area contributed by atoms with Gasteiger partial charge < -0.3 is 16.0 Å². The molecular weight excluding hydrogens is 242 g/mol. The van der Waals surface area contributed by atoms with Gasteiger partial charge in [0, 0.05) is 13.6 Å². The van der Waals surface area contributed by atoms with Gasteiger partial charge in [0.05, 0.1) is 13.1 Å². The highest BCUT2D eigenvalue weighted by Gasteiger charge is 2.11. The van der Waals surface area contributed by atoms with Crippen molar-refractivity contribution in [1.82, 2.24) is 10.2 Å². The molecule has 0 aromatic heterocycles. The molecule has 5 nitrogen and oxygen atoms in total. The Hall–Kier alpha value is -1.88. The number of nitrogens with one attached hydrogen (secondary N) is 1. The van der Waals surface area contributed by atoms with Crippen LogP contribution in [0.4, 0.5) is 0 Å². The van der Waals surface area contributed by atoms with Crippen LogP contribution < -0.4 is 11.1 Å². The lowest BCUT2D eigenvalue weighted by molar-refractivity contribution is -0.131. The number of hydrogen-bond acceptors (Lipinski definition) is 3. The number of likely N-dealkylation sites (N-methyl/N-ethyl adjacent to an activating group) is 1. The van der Waals surface area contributed by atoms with Crippen molar-refractivity contribution in [2.24, 2.45) is 5.73 Å². The van der Waals surface area contributed by atoms with Gasteiger partial charge in [-0.25, -0.2) is 0 Å². The van der Waals surface area contributed by atoms with Crippen molar-refractivity contribution in [3.63, 3.8) is 0 Å². The van der Waals surface area contributed by atoms with E-state index in [0.717, 1.165) is 11.1 Å². The van der Waals surface area contributed by atoms with E-state index in [0.29, 0.717) is 6.54 Å². The first-order valence-electron chi connectivity index (χ1n) is 6.21. The van der Waals surface area contributed by atoms with Gasteiger partial charge in [-0.05, 0) is 25.0 Å². The summed E-state index contributed by atoms with van der Waals surface area (Å²) in [6.07, 6.45) is 0. The molecule has 0 heterocycles. The second-order valence-corrected chi connectivity index (χ2v) is 4.66. The van der Waals surface area contributed by atoms with E-state index in [1.165, 1.54) is 5.56 Å². The van der Waals surface area contributed by atoms with Crippen LogP contribution in [0.15, 0.2) is 18.2 Å². The fraction of sp³-hybridized carbons (Fsp3) is 0.429. The van der Waals surface area contributed by atoms with Crippen LogP contribution in [-0.2, 0) is 16.1 Å². The largest absolute Gasteiger partial charge is 0.346 e. The standard InChI is InChI=1S/C14H21N3O2/c1-10-4-5-12(11(2)6-10)9-17(3)14(19)8-16-13(18)7-15/h4-6H,7-9,15H2,1-3H3,(H,16,18). The highest BCUT2D eigenvalue weighted by Crippen LogP contribution is 2.12. The van der Waals surface area contributed by atoms with Gasteiger partial charge in [0.1, 0.15) is 0 Å². The van der Waals surface area contributed by atoms with E-state index in [2.05, 4.69) is 11.4 Å². The second kappa shape index (κ2) is 6.89. The van der Waals surface area contributed by atoms with E-state index < -0.39 is 0 Å². The molecule has 104 valence electrons. The molecule has 1 aromatic rings. The first-order chi connectivity index (χ1) is 8.93. The van der Waals surface area contributed by atoms with E-state index in [-0.39, 0.29) is 24.9 Å². The zero-order valence-electron chi connectivity index (χ0n) is 11.7. The predicted molar refractivity (Wildman–Crippen MR) is 74.5 cm³/mol. The zero-order chi connectivity index (χ0) is 14.4. The van der Waals surface area contributed by atoms with E-state index in [9.17, 15) is 9.59 Å². The first kappa shape index (κ1) is 15.2. The van der Waals surface area contributed by atoms with Crippen LogP contribution in [0, 0.1) is 13.8 Å². The van der Waals surface area contributed by atoms with Crippen molar-refractivity contribution in [3.8, 4) is 0 Å². The number of carbonyl (C=O) groups is 2. The molecule has 0 atom stereocenters. The fourth-order valence-electron chi connectivity index (χ4n) is 1.75. The number of benzene rings is 1. The van der Waals surface area contributed by atoms with Crippen LogP contribution in [0.3, 0.4) is 0 Å². The van der Waals surface area contributed by atoms with Crippen LogP contribution in [0.1, 0.15) is 16.7 Å². The lowest BCUT2D eigenvalue weighted by Gasteiger charge is -2.19. The minimum atomic E-state index is -0.326. The molecule has 0 fully saturated rings. The van der Waals surface area contributed by atoms with Crippen LogP contribution >= 0.6 is 0 Å². The molecule has 0 bridgehead atoms. The average Bonchev–Trinajstić information content (AvgIpc) is 2.38. The molecule has 1 rings (SSSR count). The van der Waals surface area contributed by atoms with E-state index in [1.54, 1.807) is 11.9 Å². The van der Waals surface area contributed by atoms with E-state index in [1.807, 2.05) is 26.0 Å². The highest BCUT2D eigenvalue weighted by molar-refractivity contribution is 5.85. The molecule has 0 saturated heterocycles. The molecule has 1 aromatic carbocycles. The maximum atomic E-state index is 11.8. The number of carbonyl (C=O) groups excluding carboxylic acids is 2. The van der Waals surface area contributed by atoms with Gasteiger partial charge in [-0.3, -0.25) is 9.59 Å². The van der Waals surface area contributed by atoms with Crippen molar-refractivity contribution in [2.45, 2.75) is 20.4 Å². The maximum absolute atomic E-state index is 11.8. The Balaban J connectivity index is 2.56. The molecule has 19 heavy (non-hydrogen) atoms. The summed E-state index contributed by atoms with van der Waals surface area (Å²) in [5, 5.41) is 2.47. The molecule has 0 aliphatic carbocycles. The Bertz CT molecular complexity index is 472. The third-order valence-electron chi connectivity index (χ3n) is 2.95. The lowest BCUT2D eigenvalue weighted by Crippen LogP contribution is -2.40. The number of nitrogens with two attached hydrogens (primary N) is 1. The number of nitrogens with zero attached hydrogens (tertiary/aromatic N) is 1. The number of hydrogen-bond donors (Lipinski definition) is 2. The first-order valence-corrected chi connectivity index (χ1v) is 6.21. The summed E-state index contributed by atoms with van der Waals surface area (Å²) in [6.45, 7) is 4.47. The Labute approximate surface area is 113 Å². The summed E-state index contributed by atoms with van der Waals surface area (Å²) >= 11 is 0. The molecule has 0 unspecified atom stereocenters. The quantitative estimate of drug-likeness (QED) is 0.804. The Morgan fingerprint density at radius 1 is 1.32 bits per heavy atom. The number of rotatable bonds is 5. The number of aryl methyl sites for hydroxylation is 2. The predicted octanol–water partition coefficient (Wildman–Crippen LogP) is 0.337. The summed E-state index contributed by atoms with van der Waals surface area (Å²) in [5.74, 6) is -0.463. The van der Waals surface area contributed by atoms with Crippen molar-refractivity contribution in [2.75, 3.05) is 20.1 Å². The second-order valence-electron chi connectivity index (χ2n) is 4.66. The van der Waals surface area contributed by atoms with Crippen LogP contribution in [0.2, 0.25) is 0 Å². The molecule has 0 saturated carbocycles. The van der Waals surface area contributed by atoms with Gasteiger partial charge in [0.2, 0.25) is 11.8 Å². The SMILES string of the molecule is Cc1ccc(CN(C)C(=O)CNC(=O)CN)c(C)c1. The number of amides is 2. The summed E-state index contributed by atoms with van der Waals surface area (Å²) in [7, 11) is 1.72. The van der Waals surface area contributed by atoms with Gasteiger partial charge in [0.25, 0.3) is 0 Å². The minimum absolute atomic E-state index is 0.0164. The van der Waals surface area contributed by atoms with Crippen molar-refractivity contribution in [1.29, 1.82) is 0 Å². The van der Waals surface area contributed by atoms with Gasteiger partial charge in [0.15, 0.2) is 0 Å². The summed E-state index contributed by atoms with van der Waals surface area (Å²) in [4.78, 5) is 24.4. The maximum Gasteiger partial charge on any atom is 0.242 e. The summed E-state index contributed by atoms with van der Waals surface area (Å²) in [6, 6.07) is 6.13. The van der Waals surface area contributed by atoms with Crippen LogP contribution in [0.25, 0.3) is 0 Å². The van der Waals surface area contributed by atoms with Gasteiger partial charge >= 0.3 is 0 Å². The van der Waals surface area contributed by atoms with Crippen molar-refractivity contribution in [3.05, 3.63) is 34.9 Å². The molecule has 3 N–H and O–H groups in total. The molecule has 0 aliphatic heterocycles. The van der Waals surface area contributed by atoms with E-state index in [4.69, 9.17) is 5.73 Å². The topological polar surface area (TPSA) is 75.4 Å². The molecular formula is C14H21N3O2. The van der Waals surface area contributed by atoms with Crippen LogP contribution in [0.5, 0.6) is 0 Å². The third kappa shape index (κ3) is 4.71. The van der Waals surface area contributed by atoms with Gasteiger partial charge in [-0.15, -0.1) is 0 Å². The third-order valence-corrected chi connectivity index (χ3v) is 2.95. The van der Waals surface area contributed by atoms with Gasteiger partial charge in [-0.1, -0.05) is 23.8 Å². The Morgan fingerprint density at radius 3 is 2.58 bits per heavy atom. The van der Waals surface area contributed by atoms with E-state index >= 15 is 0 Å². The van der Waals surface area contributed by atoms with Crippen LogP contribution in [-0.4, -0.2) is 36.9 Å². The normalized spacial score (nSPS) is 10.1. The summed E-state index contributed by atoms with van der Waals surface area (Å²) in [5.41, 5.74) is 8.62. The lowest BCUT2D eigenvalue weighted by atomic mass is 10.1. The summed E-state index contributed by atoms with van der Waals surface area (Å²) < 4.78 is 0. The average molecular weight is 263 g/mol. The Kier molecular flexibility index (Phi) is 5.51. The molecule has 5 heteroatoms. The zero-order valence-corrected chi connectivity index (χ0v) is 11.7. The minimum Gasteiger partial charge on any atom is -0.346 e. The highest BCUT2D eigenvalue weighted by atomic mass is 16.2. The molecule has 0 spiro atoms. The molecule has 2 amide bonds. The Morgan fingerprint density at radius 2 is 2.00 bits per heavy atom. The van der Waals surface area contributed by atoms with Crippen molar-refractivity contribution < 1.29 is 9.59 Å². The smallest absolute Gasteiger partial charge is 0.242 e. The van der Waals surface area contributed by atoms with Gasteiger partial charge in [-0.2, -0.15) is 0 Å². The van der Waals surface area contributed by atoms with Crippen molar-refractivity contribution >= 4 is 11.8 Å². The fourth-order valence-corrected chi connectivity index (χ4v) is 1.75. The molecule has 0 radical (unpaired) electrons.